The molecular weight excluding hydrogens is 424 g/mol. The normalized spacial score (nSPS) is 14.2. The minimum atomic E-state index is -0.134. The topological polar surface area (TPSA) is 62.0 Å². The van der Waals surface area contributed by atoms with Crippen LogP contribution in [0.15, 0.2) is 25.9 Å². The summed E-state index contributed by atoms with van der Waals surface area (Å²) < 4.78 is 1.43. The smallest absolute Gasteiger partial charge is 0.263 e. The summed E-state index contributed by atoms with van der Waals surface area (Å²) in [6, 6.07) is 3.81. The maximum atomic E-state index is 12.2. The predicted octanol–water partition coefficient (Wildman–Crippen LogP) is 4.74. The highest BCUT2D eigenvalue weighted by molar-refractivity contribution is 9.11. The molecule has 0 spiro atoms. The van der Waals surface area contributed by atoms with Crippen molar-refractivity contribution < 1.29 is 4.79 Å². The van der Waals surface area contributed by atoms with Gasteiger partial charge >= 0.3 is 0 Å². The van der Waals surface area contributed by atoms with Gasteiger partial charge in [-0.25, -0.2) is 0 Å². The number of carbonyl (C=O) groups excluding carboxylic acids is 1. The minimum absolute atomic E-state index is 0.0516. The summed E-state index contributed by atoms with van der Waals surface area (Å²) in [6.07, 6.45) is 4.86. The Morgan fingerprint density at radius 3 is 2.74 bits per heavy atom. The van der Waals surface area contributed by atoms with Crippen molar-refractivity contribution in [2.75, 3.05) is 5.32 Å². The Hall–Kier alpha value is -1.14. The van der Waals surface area contributed by atoms with Crippen LogP contribution in [0.2, 0.25) is 0 Å². The highest BCUT2D eigenvalue weighted by Crippen LogP contribution is 2.34. The molecule has 4 nitrogen and oxygen atoms in total. The lowest BCUT2D eigenvalue weighted by atomic mass is 10.0. The molecule has 1 fully saturated rings. The summed E-state index contributed by atoms with van der Waals surface area (Å²) in [7, 11) is 0. The van der Waals surface area contributed by atoms with E-state index in [-0.39, 0.29) is 17.4 Å². The van der Waals surface area contributed by atoms with Crippen LogP contribution in [0.3, 0.4) is 0 Å². The third-order valence-electron chi connectivity index (χ3n) is 4.13. The van der Waals surface area contributed by atoms with Crippen molar-refractivity contribution in [3.05, 3.63) is 37.0 Å². The molecule has 1 saturated carbocycles. The number of rotatable bonds is 5. The van der Waals surface area contributed by atoms with Crippen LogP contribution in [-0.4, -0.2) is 10.9 Å². The average molecular weight is 442 g/mol. The third kappa shape index (κ3) is 3.53. The Bertz CT molecular complexity index is 825. The Morgan fingerprint density at radius 2 is 2.09 bits per heavy atom. The van der Waals surface area contributed by atoms with Crippen LogP contribution in [0.1, 0.15) is 38.2 Å². The molecule has 0 saturated heterocycles. The molecule has 6 heteroatoms. The maximum Gasteiger partial charge on any atom is 0.263 e. The number of aromatic amines is 1. The van der Waals surface area contributed by atoms with Gasteiger partial charge in [-0.1, -0.05) is 13.3 Å². The summed E-state index contributed by atoms with van der Waals surface area (Å²) >= 11 is 6.95. The van der Waals surface area contributed by atoms with Crippen molar-refractivity contribution >= 4 is 54.4 Å². The molecule has 1 amide bonds. The van der Waals surface area contributed by atoms with E-state index < -0.39 is 0 Å². The molecule has 23 heavy (non-hydrogen) atoms. The molecule has 1 aromatic heterocycles. The molecule has 1 aliphatic rings. The molecule has 2 aromatic rings. The van der Waals surface area contributed by atoms with Crippen LogP contribution in [-0.2, 0) is 11.2 Å². The number of anilines is 1. The Labute approximate surface area is 151 Å². The molecule has 3 rings (SSSR count). The second-order valence-corrected chi connectivity index (χ2v) is 7.64. The van der Waals surface area contributed by atoms with Gasteiger partial charge in [-0.3, -0.25) is 9.59 Å². The van der Waals surface area contributed by atoms with E-state index in [1.807, 2.05) is 12.1 Å². The monoisotopic (exact) mass is 440 g/mol. The van der Waals surface area contributed by atoms with Crippen LogP contribution in [0.25, 0.3) is 10.9 Å². The Balaban J connectivity index is 2.06. The van der Waals surface area contributed by atoms with Gasteiger partial charge in [0.05, 0.1) is 15.7 Å². The van der Waals surface area contributed by atoms with E-state index >= 15 is 0 Å². The van der Waals surface area contributed by atoms with E-state index in [1.54, 1.807) is 0 Å². The van der Waals surface area contributed by atoms with E-state index in [0.717, 1.165) is 53.0 Å². The van der Waals surface area contributed by atoms with Gasteiger partial charge in [-0.05, 0) is 75.2 Å². The number of aryl methyl sites for hydroxylation is 1. The fourth-order valence-electron chi connectivity index (χ4n) is 2.63. The van der Waals surface area contributed by atoms with Crippen LogP contribution >= 0.6 is 31.9 Å². The first-order chi connectivity index (χ1) is 11.0. The largest absolute Gasteiger partial charge is 0.325 e. The fraction of sp³-hybridized carbons (Fsp3) is 0.412. The SMILES string of the molecule is CCCCc1c(Br)c(=O)[nH]c2cc(NC(=O)C3CC3)c(Br)cc12. The number of pyridine rings is 1. The van der Waals surface area contributed by atoms with Gasteiger partial charge in [0, 0.05) is 15.8 Å². The molecule has 0 bridgehead atoms. The molecule has 0 radical (unpaired) electrons. The predicted molar refractivity (Wildman–Crippen MR) is 99.9 cm³/mol. The van der Waals surface area contributed by atoms with Crippen molar-refractivity contribution in [2.24, 2.45) is 5.92 Å². The Kier molecular flexibility index (Phi) is 4.92. The number of benzene rings is 1. The van der Waals surface area contributed by atoms with Crippen LogP contribution in [0.4, 0.5) is 5.69 Å². The van der Waals surface area contributed by atoms with Gasteiger partial charge in [0.25, 0.3) is 5.56 Å². The fourth-order valence-corrected chi connectivity index (χ4v) is 3.59. The summed E-state index contributed by atoms with van der Waals surface area (Å²) in [6.45, 7) is 2.13. The molecule has 2 N–H and O–H groups in total. The zero-order valence-electron chi connectivity index (χ0n) is 12.8. The highest BCUT2D eigenvalue weighted by atomic mass is 79.9. The van der Waals surface area contributed by atoms with Crippen LogP contribution < -0.4 is 10.9 Å². The van der Waals surface area contributed by atoms with Crippen molar-refractivity contribution in [1.82, 2.24) is 4.98 Å². The number of hydrogen-bond acceptors (Lipinski definition) is 2. The molecule has 1 heterocycles. The first-order valence-electron chi connectivity index (χ1n) is 7.86. The zero-order valence-corrected chi connectivity index (χ0v) is 16.0. The van der Waals surface area contributed by atoms with E-state index in [2.05, 4.69) is 49.1 Å². The number of fused-ring (bicyclic) bond motifs is 1. The molecule has 0 atom stereocenters. The van der Waals surface area contributed by atoms with E-state index in [1.165, 1.54) is 0 Å². The second-order valence-electron chi connectivity index (χ2n) is 5.99. The van der Waals surface area contributed by atoms with E-state index in [9.17, 15) is 9.59 Å². The minimum Gasteiger partial charge on any atom is -0.325 e. The second kappa shape index (κ2) is 6.77. The molecular formula is C17H18Br2N2O2. The number of hydrogen-bond donors (Lipinski definition) is 2. The van der Waals surface area contributed by atoms with E-state index in [4.69, 9.17) is 0 Å². The number of halogens is 2. The molecule has 0 aliphatic heterocycles. The average Bonchev–Trinajstić information content (AvgIpc) is 3.34. The van der Waals surface area contributed by atoms with Crippen molar-refractivity contribution in [1.29, 1.82) is 0 Å². The van der Waals surface area contributed by atoms with Crippen molar-refractivity contribution in [3.63, 3.8) is 0 Å². The van der Waals surface area contributed by atoms with Crippen LogP contribution in [0, 0.1) is 5.92 Å². The third-order valence-corrected chi connectivity index (χ3v) is 5.63. The molecule has 1 aromatic carbocycles. The van der Waals surface area contributed by atoms with Crippen molar-refractivity contribution in [2.45, 2.75) is 39.0 Å². The zero-order chi connectivity index (χ0) is 16.6. The summed E-state index contributed by atoms with van der Waals surface area (Å²) in [5.74, 6) is 0.192. The molecule has 1 aliphatic carbocycles. The summed E-state index contributed by atoms with van der Waals surface area (Å²) in [5.41, 5.74) is 2.34. The number of nitrogens with one attached hydrogen (secondary N) is 2. The highest BCUT2D eigenvalue weighted by Gasteiger charge is 2.30. The number of aromatic nitrogens is 1. The summed E-state index contributed by atoms with van der Waals surface area (Å²) in [5, 5.41) is 3.94. The lowest BCUT2D eigenvalue weighted by molar-refractivity contribution is -0.117. The molecule has 0 unspecified atom stereocenters. The lowest BCUT2D eigenvalue weighted by Gasteiger charge is -2.12. The van der Waals surface area contributed by atoms with Gasteiger partial charge < -0.3 is 10.3 Å². The van der Waals surface area contributed by atoms with Gasteiger partial charge in [-0.2, -0.15) is 0 Å². The number of unbranched alkanes of at least 4 members (excludes halogenated alkanes) is 1. The number of carbonyl (C=O) groups is 1. The van der Waals surface area contributed by atoms with Crippen molar-refractivity contribution in [3.8, 4) is 0 Å². The van der Waals surface area contributed by atoms with Gasteiger partial charge in [0.15, 0.2) is 0 Å². The van der Waals surface area contributed by atoms with Gasteiger partial charge in [-0.15, -0.1) is 0 Å². The quantitative estimate of drug-likeness (QED) is 0.703. The van der Waals surface area contributed by atoms with Gasteiger partial charge in [0.1, 0.15) is 0 Å². The first kappa shape index (κ1) is 16.7. The Morgan fingerprint density at radius 1 is 1.35 bits per heavy atom. The summed E-state index contributed by atoms with van der Waals surface area (Å²) in [4.78, 5) is 27.0. The maximum absolute atomic E-state index is 12.2. The lowest BCUT2D eigenvalue weighted by Crippen LogP contribution is -2.15. The van der Waals surface area contributed by atoms with E-state index in [0.29, 0.717) is 10.2 Å². The number of H-pyrrole nitrogens is 1. The first-order valence-corrected chi connectivity index (χ1v) is 9.44. The number of amides is 1. The molecule has 122 valence electrons. The standard InChI is InChI=1S/C17H18Br2N2O2/c1-2-3-4-10-11-7-12(18)14(21-16(22)9-5-6-9)8-13(11)20-17(23)15(10)19/h7-9H,2-6H2,1H3,(H,20,23)(H,21,22). The van der Waals surface area contributed by atoms with Gasteiger partial charge in [0.2, 0.25) is 5.91 Å². The van der Waals surface area contributed by atoms with Crippen LogP contribution in [0.5, 0.6) is 0 Å².